The number of carbonyl (C=O) groups excluding carboxylic acids is 1. The fourth-order valence-corrected chi connectivity index (χ4v) is 2.48. The molecule has 1 heterocycles. The predicted molar refractivity (Wildman–Crippen MR) is 69.0 cm³/mol. The van der Waals surface area contributed by atoms with Crippen LogP contribution in [0.4, 0.5) is 0 Å². The summed E-state index contributed by atoms with van der Waals surface area (Å²) < 4.78 is 0. The van der Waals surface area contributed by atoms with Crippen molar-refractivity contribution in [3.63, 3.8) is 0 Å². The standard InChI is InChI=1S/C13H24N2O3/c1-9(8-14)5-6-11(16)15-7-3-4-10(2)12(15)13(17)18/h9-10,12H,3-8,14H2,1-2H3,(H,17,18). The average molecular weight is 256 g/mol. The third kappa shape index (κ3) is 3.70. The summed E-state index contributed by atoms with van der Waals surface area (Å²) in [5.41, 5.74) is 5.52. The SMILES string of the molecule is CC(CN)CCC(=O)N1CCCC(C)C1C(=O)O. The summed E-state index contributed by atoms with van der Waals surface area (Å²) in [6.07, 6.45) is 2.89. The Bertz CT molecular complexity index is 307. The summed E-state index contributed by atoms with van der Waals surface area (Å²) >= 11 is 0. The van der Waals surface area contributed by atoms with E-state index in [0.717, 1.165) is 19.3 Å². The highest BCUT2D eigenvalue weighted by molar-refractivity contribution is 5.84. The Balaban J connectivity index is 2.61. The zero-order chi connectivity index (χ0) is 13.7. The minimum atomic E-state index is -0.887. The lowest BCUT2D eigenvalue weighted by Crippen LogP contribution is -2.51. The third-order valence-electron chi connectivity index (χ3n) is 3.76. The van der Waals surface area contributed by atoms with Gasteiger partial charge < -0.3 is 15.7 Å². The summed E-state index contributed by atoms with van der Waals surface area (Å²) in [4.78, 5) is 24.9. The first kappa shape index (κ1) is 15.0. The smallest absolute Gasteiger partial charge is 0.326 e. The van der Waals surface area contributed by atoms with Crippen molar-refractivity contribution in [1.29, 1.82) is 0 Å². The number of nitrogens with zero attached hydrogens (tertiary/aromatic N) is 1. The molecule has 0 aromatic carbocycles. The number of nitrogens with two attached hydrogens (primary N) is 1. The average Bonchev–Trinajstić information content (AvgIpc) is 2.34. The molecule has 1 amide bonds. The van der Waals surface area contributed by atoms with E-state index >= 15 is 0 Å². The van der Waals surface area contributed by atoms with Gasteiger partial charge in [0.25, 0.3) is 0 Å². The zero-order valence-corrected chi connectivity index (χ0v) is 11.3. The number of hydrogen-bond donors (Lipinski definition) is 2. The van der Waals surface area contributed by atoms with Crippen molar-refractivity contribution in [2.75, 3.05) is 13.1 Å². The molecule has 18 heavy (non-hydrogen) atoms. The van der Waals surface area contributed by atoms with E-state index in [2.05, 4.69) is 0 Å². The van der Waals surface area contributed by atoms with Crippen LogP contribution < -0.4 is 5.73 Å². The molecule has 1 rings (SSSR count). The van der Waals surface area contributed by atoms with Crippen LogP contribution in [0.3, 0.4) is 0 Å². The van der Waals surface area contributed by atoms with Crippen LogP contribution in [0.5, 0.6) is 0 Å². The fourth-order valence-electron chi connectivity index (χ4n) is 2.48. The van der Waals surface area contributed by atoms with Crippen LogP contribution in [0.25, 0.3) is 0 Å². The lowest BCUT2D eigenvalue weighted by atomic mass is 9.90. The molecule has 0 radical (unpaired) electrons. The summed E-state index contributed by atoms with van der Waals surface area (Å²) in [6.45, 7) is 5.03. The van der Waals surface area contributed by atoms with Gasteiger partial charge in [0.1, 0.15) is 6.04 Å². The number of aliphatic carboxylic acids is 1. The van der Waals surface area contributed by atoms with Gasteiger partial charge in [-0.15, -0.1) is 0 Å². The molecule has 3 atom stereocenters. The molecule has 1 fully saturated rings. The van der Waals surface area contributed by atoms with Crippen molar-refractivity contribution < 1.29 is 14.7 Å². The first-order valence-corrected chi connectivity index (χ1v) is 6.69. The molecule has 0 aromatic rings. The Hall–Kier alpha value is -1.10. The molecule has 1 saturated heterocycles. The minimum absolute atomic E-state index is 0.0344. The van der Waals surface area contributed by atoms with Crippen LogP contribution in [-0.4, -0.2) is 41.0 Å². The Morgan fingerprint density at radius 1 is 1.50 bits per heavy atom. The van der Waals surface area contributed by atoms with Gasteiger partial charge >= 0.3 is 5.97 Å². The molecule has 1 aliphatic rings. The van der Waals surface area contributed by atoms with Crippen molar-refractivity contribution in [2.24, 2.45) is 17.6 Å². The molecule has 3 unspecified atom stereocenters. The third-order valence-corrected chi connectivity index (χ3v) is 3.76. The molecule has 3 N–H and O–H groups in total. The zero-order valence-electron chi connectivity index (χ0n) is 11.3. The van der Waals surface area contributed by atoms with E-state index < -0.39 is 12.0 Å². The number of carboxylic acids is 1. The van der Waals surface area contributed by atoms with Crippen LogP contribution in [-0.2, 0) is 9.59 Å². The van der Waals surface area contributed by atoms with Crippen LogP contribution >= 0.6 is 0 Å². The molecule has 5 nitrogen and oxygen atoms in total. The normalized spacial score (nSPS) is 25.8. The van der Waals surface area contributed by atoms with Gasteiger partial charge in [-0.2, -0.15) is 0 Å². The summed E-state index contributed by atoms with van der Waals surface area (Å²) in [5.74, 6) is -0.594. The van der Waals surface area contributed by atoms with Crippen LogP contribution in [0, 0.1) is 11.8 Å². The molecule has 0 aromatic heterocycles. The van der Waals surface area contributed by atoms with Gasteiger partial charge in [0.15, 0.2) is 0 Å². The van der Waals surface area contributed by atoms with Gasteiger partial charge in [-0.25, -0.2) is 4.79 Å². The summed E-state index contributed by atoms with van der Waals surface area (Å²) in [7, 11) is 0. The number of rotatable bonds is 5. The van der Waals surface area contributed by atoms with Crippen molar-refractivity contribution in [3.8, 4) is 0 Å². The second-order valence-corrected chi connectivity index (χ2v) is 5.37. The van der Waals surface area contributed by atoms with Crippen molar-refractivity contribution in [1.82, 2.24) is 4.90 Å². The van der Waals surface area contributed by atoms with Crippen molar-refractivity contribution in [2.45, 2.75) is 45.6 Å². The highest BCUT2D eigenvalue weighted by Crippen LogP contribution is 2.24. The van der Waals surface area contributed by atoms with Crippen LogP contribution in [0.2, 0.25) is 0 Å². The summed E-state index contributed by atoms with van der Waals surface area (Å²) in [6, 6.07) is -0.653. The predicted octanol–water partition coefficient (Wildman–Crippen LogP) is 1.07. The topological polar surface area (TPSA) is 83.6 Å². The van der Waals surface area contributed by atoms with E-state index in [-0.39, 0.29) is 11.8 Å². The Morgan fingerprint density at radius 2 is 2.17 bits per heavy atom. The summed E-state index contributed by atoms with van der Waals surface area (Å²) in [5, 5.41) is 9.24. The number of piperidine rings is 1. The van der Waals surface area contributed by atoms with E-state index in [9.17, 15) is 14.7 Å². The second-order valence-electron chi connectivity index (χ2n) is 5.37. The van der Waals surface area contributed by atoms with E-state index in [1.54, 1.807) is 4.90 Å². The van der Waals surface area contributed by atoms with Gasteiger partial charge in [-0.1, -0.05) is 13.8 Å². The molecule has 1 aliphatic heterocycles. The van der Waals surface area contributed by atoms with E-state index in [0.29, 0.717) is 25.4 Å². The molecular weight excluding hydrogens is 232 g/mol. The minimum Gasteiger partial charge on any atom is -0.480 e. The van der Waals surface area contributed by atoms with E-state index in [4.69, 9.17) is 5.73 Å². The van der Waals surface area contributed by atoms with Gasteiger partial charge in [0.05, 0.1) is 0 Å². The van der Waals surface area contributed by atoms with Crippen molar-refractivity contribution in [3.05, 3.63) is 0 Å². The molecule has 0 bridgehead atoms. The number of hydrogen-bond acceptors (Lipinski definition) is 3. The molecule has 0 saturated carbocycles. The maximum Gasteiger partial charge on any atom is 0.326 e. The maximum absolute atomic E-state index is 12.1. The number of likely N-dealkylation sites (tertiary alicyclic amines) is 1. The fraction of sp³-hybridized carbons (Fsp3) is 0.846. The van der Waals surface area contributed by atoms with Crippen LogP contribution in [0.15, 0.2) is 0 Å². The highest BCUT2D eigenvalue weighted by Gasteiger charge is 2.36. The molecule has 0 aliphatic carbocycles. The van der Waals surface area contributed by atoms with E-state index in [1.807, 2.05) is 13.8 Å². The first-order valence-electron chi connectivity index (χ1n) is 6.69. The van der Waals surface area contributed by atoms with Crippen LogP contribution in [0.1, 0.15) is 39.5 Å². The molecular formula is C13H24N2O3. The molecule has 5 heteroatoms. The van der Waals surface area contributed by atoms with E-state index in [1.165, 1.54) is 0 Å². The lowest BCUT2D eigenvalue weighted by molar-refractivity contribution is -0.154. The van der Waals surface area contributed by atoms with Gasteiger partial charge in [-0.05, 0) is 37.6 Å². The quantitative estimate of drug-likeness (QED) is 0.770. The monoisotopic (exact) mass is 256 g/mol. The second kappa shape index (κ2) is 6.73. The Morgan fingerprint density at radius 3 is 2.72 bits per heavy atom. The number of carboxylic acid groups (broad SMARTS) is 1. The molecule has 104 valence electrons. The Kier molecular flexibility index (Phi) is 5.59. The molecule has 0 spiro atoms. The highest BCUT2D eigenvalue weighted by atomic mass is 16.4. The van der Waals surface area contributed by atoms with Crippen molar-refractivity contribution >= 4 is 11.9 Å². The maximum atomic E-state index is 12.1. The lowest BCUT2D eigenvalue weighted by Gasteiger charge is -2.37. The Labute approximate surface area is 108 Å². The number of carbonyl (C=O) groups is 2. The van der Waals surface area contributed by atoms with Gasteiger partial charge in [-0.3, -0.25) is 4.79 Å². The van der Waals surface area contributed by atoms with Gasteiger partial charge in [0.2, 0.25) is 5.91 Å². The van der Waals surface area contributed by atoms with Gasteiger partial charge in [0, 0.05) is 13.0 Å². The number of amides is 1. The largest absolute Gasteiger partial charge is 0.480 e. The first-order chi connectivity index (χ1) is 8.47.